The summed E-state index contributed by atoms with van der Waals surface area (Å²) in [6, 6.07) is 2.65. The van der Waals surface area contributed by atoms with Gasteiger partial charge in [0.15, 0.2) is 0 Å². The maximum absolute atomic E-state index is 13.8. The molecule has 1 N–H and O–H groups in total. The molecule has 106 valence electrons. The van der Waals surface area contributed by atoms with E-state index >= 15 is 0 Å². The van der Waals surface area contributed by atoms with Crippen LogP contribution >= 0.6 is 15.9 Å². The van der Waals surface area contributed by atoms with E-state index in [2.05, 4.69) is 26.2 Å². The van der Waals surface area contributed by atoms with Crippen LogP contribution in [0.3, 0.4) is 0 Å². The highest BCUT2D eigenvalue weighted by atomic mass is 79.9. The van der Waals surface area contributed by atoms with Crippen LogP contribution in [-0.4, -0.2) is 9.55 Å². The summed E-state index contributed by atoms with van der Waals surface area (Å²) in [6.07, 6.45) is 8.23. The normalized spacial score (nSPS) is 15.8. The lowest BCUT2D eigenvalue weighted by Crippen LogP contribution is -2.08. The monoisotopic (exact) mass is 341 g/mol. The van der Waals surface area contributed by atoms with Gasteiger partial charge in [-0.3, -0.25) is 0 Å². The van der Waals surface area contributed by atoms with E-state index in [-0.39, 0.29) is 10.2 Å². The molecular weight excluding hydrogens is 328 g/mol. The van der Waals surface area contributed by atoms with Gasteiger partial charge in [0.05, 0.1) is 10.2 Å². The molecular formula is C14H14BrF2N3. The van der Waals surface area contributed by atoms with E-state index in [9.17, 15) is 8.78 Å². The van der Waals surface area contributed by atoms with E-state index in [0.717, 1.165) is 18.9 Å². The molecule has 1 fully saturated rings. The average Bonchev–Trinajstić information content (AvgIpc) is 3.06. The lowest BCUT2D eigenvalue weighted by Gasteiger charge is -2.16. The molecule has 0 bridgehead atoms. The van der Waals surface area contributed by atoms with Crippen LogP contribution in [0.5, 0.6) is 0 Å². The molecule has 0 atom stereocenters. The van der Waals surface area contributed by atoms with Gasteiger partial charge in [0.25, 0.3) is 0 Å². The molecule has 1 aliphatic rings. The molecule has 1 saturated carbocycles. The zero-order valence-corrected chi connectivity index (χ0v) is 12.3. The fourth-order valence-electron chi connectivity index (χ4n) is 2.63. The van der Waals surface area contributed by atoms with Gasteiger partial charge in [-0.15, -0.1) is 0 Å². The maximum atomic E-state index is 13.8. The molecule has 6 heteroatoms. The summed E-state index contributed by atoms with van der Waals surface area (Å²) in [5.41, 5.74) is 0.212. The Morgan fingerprint density at radius 1 is 1.20 bits per heavy atom. The van der Waals surface area contributed by atoms with Gasteiger partial charge in [-0.1, -0.05) is 12.8 Å². The van der Waals surface area contributed by atoms with Crippen molar-refractivity contribution in [2.24, 2.45) is 0 Å². The van der Waals surface area contributed by atoms with Crippen molar-refractivity contribution in [1.29, 1.82) is 0 Å². The minimum absolute atomic E-state index is 0.212. The fraction of sp³-hybridized carbons (Fsp3) is 0.357. The molecule has 1 heterocycles. The van der Waals surface area contributed by atoms with Crippen molar-refractivity contribution in [3.05, 3.63) is 40.6 Å². The lowest BCUT2D eigenvalue weighted by molar-refractivity contribution is 0.524. The summed E-state index contributed by atoms with van der Waals surface area (Å²) in [7, 11) is 0. The van der Waals surface area contributed by atoms with E-state index in [1.54, 1.807) is 6.20 Å². The Kier molecular flexibility index (Phi) is 3.74. The van der Waals surface area contributed by atoms with E-state index in [1.807, 2.05) is 10.8 Å². The van der Waals surface area contributed by atoms with Crippen LogP contribution in [0.25, 0.3) is 0 Å². The quantitative estimate of drug-likeness (QED) is 0.814. The van der Waals surface area contributed by atoms with E-state index < -0.39 is 11.6 Å². The lowest BCUT2D eigenvalue weighted by atomic mass is 10.2. The second-order valence-electron chi connectivity index (χ2n) is 4.97. The predicted octanol–water partition coefficient (Wildman–Crippen LogP) is 4.78. The Labute approximate surface area is 124 Å². The second-order valence-corrected chi connectivity index (χ2v) is 5.82. The summed E-state index contributed by atoms with van der Waals surface area (Å²) < 4.78 is 29.3. The number of hydrogen-bond acceptors (Lipinski definition) is 2. The van der Waals surface area contributed by atoms with E-state index in [4.69, 9.17) is 0 Å². The van der Waals surface area contributed by atoms with Gasteiger partial charge in [0.1, 0.15) is 11.6 Å². The third kappa shape index (κ3) is 2.57. The summed E-state index contributed by atoms with van der Waals surface area (Å²) >= 11 is 3.06. The molecule has 1 aromatic carbocycles. The molecule has 0 spiro atoms. The number of nitrogens with one attached hydrogen (secondary N) is 1. The van der Waals surface area contributed by atoms with Crippen molar-refractivity contribution in [3.8, 4) is 0 Å². The number of nitrogens with zero attached hydrogens (tertiary/aromatic N) is 2. The molecule has 1 aliphatic carbocycles. The van der Waals surface area contributed by atoms with Crippen LogP contribution in [0.4, 0.5) is 20.4 Å². The van der Waals surface area contributed by atoms with Crippen LogP contribution in [0, 0.1) is 11.6 Å². The van der Waals surface area contributed by atoms with Crippen molar-refractivity contribution in [2.75, 3.05) is 5.32 Å². The van der Waals surface area contributed by atoms with Gasteiger partial charge in [-0.25, -0.2) is 13.8 Å². The van der Waals surface area contributed by atoms with Gasteiger partial charge < -0.3 is 9.88 Å². The van der Waals surface area contributed by atoms with Crippen LogP contribution < -0.4 is 5.32 Å². The molecule has 20 heavy (non-hydrogen) atoms. The standard InChI is InChI=1S/C14H14BrF2N3/c15-10-7-13(12(17)8-11(10)16)19-14-18-5-6-20(14)9-3-1-2-4-9/h5-9H,1-4H2,(H,18,19). The highest BCUT2D eigenvalue weighted by Gasteiger charge is 2.20. The Bertz CT molecular complexity index is 621. The van der Waals surface area contributed by atoms with E-state index in [1.165, 1.54) is 18.9 Å². The van der Waals surface area contributed by atoms with Crippen LogP contribution in [0.15, 0.2) is 29.0 Å². The zero-order chi connectivity index (χ0) is 14.1. The summed E-state index contributed by atoms with van der Waals surface area (Å²) in [5, 5.41) is 2.95. The number of benzene rings is 1. The van der Waals surface area contributed by atoms with Gasteiger partial charge in [-0.2, -0.15) is 0 Å². The molecule has 0 unspecified atom stereocenters. The molecule has 2 aromatic rings. The number of aromatic nitrogens is 2. The first-order valence-electron chi connectivity index (χ1n) is 6.59. The van der Waals surface area contributed by atoms with Gasteiger partial charge in [-0.05, 0) is 34.8 Å². The summed E-state index contributed by atoms with van der Waals surface area (Å²) in [4.78, 5) is 4.23. The van der Waals surface area contributed by atoms with Crippen molar-refractivity contribution in [2.45, 2.75) is 31.7 Å². The largest absolute Gasteiger partial charge is 0.323 e. The van der Waals surface area contributed by atoms with Gasteiger partial charge in [0, 0.05) is 24.5 Å². The van der Waals surface area contributed by atoms with Crippen molar-refractivity contribution < 1.29 is 8.78 Å². The molecule has 1 aromatic heterocycles. The Morgan fingerprint density at radius 2 is 1.95 bits per heavy atom. The minimum atomic E-state index is -0.633. The van der Waals surface area contributed by atoms with Gasteiger partial charge in [0.2, 0.25) is 5.95 Å². The number of rotatable bonds is 3. The van der Waals surface area contributed by atoms with Gasteiger partial charge >= 0.3 is 0 Å². The summed E-state index contributed by atoms with van der Waals surface area (Å²) in [6.45, 7) is 0. The second kappa shape index (κ2) is 5.52. The highest BCUT2D eigenvalue weighted by Crippen LogP contribution is 2.33. The molecule has 0 aliphatic heterocycles. The topological polar surface area (TPSA) is 29.9 Å². The first-order valence-corrected chi connectivity index (χ1v) is 7.39. The number of halogens is 3. The third-order valence-electron chi connectivity index (χ3n) is 3.64. The third-order valence-corrected chi connectivity index (χ3v) is 4.25. The molecule has 0 radical (unpaired) electrons. The molecule has 0 amide bonds. The Hall–Kier alpha value is -1.43. The van der Waals surface area contributed by atoms with Crippen molar-refractivity contribution >= 4 is 27.6 Å². The number of imidazole rings is 1. The van der Waals surface area contributed by atoms with Crippen LogP contribution in [-0.2, 0) is 0 Å². The van der Waals surface area contributed by atoms with Crippen LogP contribution in [0.1, 0.15) is 31.7 Å². The first-order chi connectivity index (χ1) is 9.65. The van der Waals surface area contributed by atoms with Crippen molar-refractivity contribution in [3.63, 3.8) is 0 Å². The zero-order valence-electron chi connectivity index (χ0n) is 10.7. The number of anilines is 2. The Morgan fingerprint density at radius 3 is 2.70 bits per heavy atom. The molecule has 3 rings (SSSR count). The SMILES string of the molecule is Fc1cc(F)c(Nc2nccn2C2CCCC2)cc1Br. The minimum Gasteiger partial charge on any atom is -0.323 e. The highest BCUT2D eigenvalue weighted by molar-refractivity contribution is 9.10. The smallest absolute Gasteiger partial charge is 0.207 e. The Balaban J connectivity index is 1.88. The van der Waals surface area contributed by atoms with Crippen LogP contribution in [0.2, 0.25) is 0 Å². The molecule has 0 saturated heterocycles. The first kappa shape index (κ1) is 13.5. The predicted molar refractivity (Wildman–Crippen MR) is 77.1 cm³/mol. The fourth-order valence-corrected chi connectivity index (χ4v) is 2.97. The number of hydrogen-bond donors (Lipinski definition) is 1. The average molecular weight is 342 g/mol. The van der Waals surface area contributed by atoms with E-state index in [0.29, 0.717) is 12.0 Å². The summed E-state index contributed by atoms with van der Waals surface area (Å²) in [5.74, 6) is -0.659. The maximum Gasteiger partial charge on any atom is 0.207 e. The molecule has 3 nitrogen and oxygen atoms in total. The van der Waals surface area contributed by atoms with Crippen molar-refractivity contribution in [1.82, 2.24) is 9.55 Å².